The van der Waals surface area contributed by atoms with Crippen molar-refractivity contribution in [2.45, 2.75) is 0 Å². The van der Waals surface area contributed by atoms with E-state index in [4.69, 9.17) is 24.9 Å². The molecular weight excluding hydrogens is 835 g/mol. The fraction of sp³-hybridized carbons (Fsp3) is 0. The van der Waals surface area contributed by atoms with Crippen LogP contribution >= 0.6 is 11.3 Å². The third-order valence-corrected chi connectivity index (χ3v) is 13.3. The predicted molar refractivity (Wildman–Crippen MR) is 277 cm³/mol. The van der Waals surface area contributed by atoms with E-state index in [2.05, 4.69) is 176 Å². The normalized spacial score (nSPS) is 11.3. The number of benzene rings is 9. The van der Waals surface area contributed by atoms with Crippen molar-refractivity contribution in [1.82, 2.24) is 24.9 Å². The van der Waals surface area contributed by atoms with Crippen LogP contribution in [0.15, 0.2) is 237 Å². The van der Waals surface area contributed by atoms with E-state index in [1.165, 1.54) is 0 Å². The summed E-state index contributed by atoms with van der Waals surface area (Å²) >= 11 is 1.73. The minimum atomic E-state index is 0.552. The second-order valence-corrected chi connectivity index (χ2v) is 17.5. The topological polar surface area (TPSA) is 64.5 Å². The van der Waals surface area contributed by atoms with Crippen LogP contribution in [0, 0.1) is 0 Å². The molecule has 0 amide bonds. The van der Waals surface area contributed by atoms with E-state index in [1.54, 1.807) is 11.3 Å². The van der Waals surface area contributed by atoms with E-state index in [1.807, 2.05) is 60.7 Å². The number of hydrogen-bond acceptors (Lipinski definition) is 6. The molecule has 0 aliphatic heterocycles. The Morgan fingerprint density at radius 3 is 1.10 bits per heavy atom. The Kier molecular flexibility index (Phi) is 10.3. The third kappa shape index (κ3) is 7.96. The molecule has 9 aromatic carbocycles. The van der Waals surface area contributed by atoms with Gasteiger partial charge in [0, 0.05) is 37.9 Å². The molecule has 3 aromatic heterocycles. The lowest BCUT2D eigenvalue weighted by molar-refractivity contribution is 1.07. The Bertz CT molecular complexity index is 3470. The largest absolute Gasteiger partial charge is 0.226 e. The lowest BCUT2D eigenvalue weighted by Gasteiger charge is -2.15. The number of thiophene rings is 1. The van der Waals surface area contributed by atoms with Gasteiger partial charge in [0.25, 0.3) is 0 Å². The first-order valence-electron chi connectivity index (χ1n) is 22.3. The Hall–Kier alpha value is -8.71. The van der Waals surface area contributed by atoms with Crippen molar-refractivity contribution in [3.8, 4) is 101 Å². The standard InChI is InChI=1S/C61H39N5S/c1-6-19-40(20-7-1)45-29-18-30-46(33-45)55-57-56(53-31-16-17-32-54(53)67-57)63-60(62-55)51-37-50(49-35-47(41-21-8-2-9-22-41)34-48(36-49)42-23-10-3-11-24-42)38-52(39-51)61-65-58(43-25-12-4-13-26-43)64-59(66-61)44-27-14-5-15-28-44/h1-39H. The second kappa shape index (κ2) is 17.3. The zero-order valence-corrected chi connectivity index (χ0v) is 37.0. The third-order valence-electron chi connectivity index (χ3n) is 12.1. The van der Waals surface area contributed by atoms with Crippen LogP contribution in [0.1, 0.15) is 0 Å². The van der Waals surface area contributed by atoms with Gasteiger partial charge in [-0.1, -0.05) is 188 Å². The van der Waals surface area contributed by atoms with Crippen LogP contribution in [0.2, 0.25) is 0 Å². The fourth-order valence-corrected chi connectivity index (χ4v) is 9.92. The van der Waals surface area contributed by atoms with Gasteiger partial charge in [0.1, 0.15) is 0 Å². The quantitative estimate of drug-likeness (QED) is 0.145. The molecule has 0 spiro atoms. The summed E-state index contributed by atoms with van der Waals surface area (Å²) in [6, 6.07) is 82.5. The highest BCUT2D eigenvalue weighted by Gasteiger charge is 2.21. The summed E-state index contributed by atoms with van der Waals surface area (Å²) in [6.45, 7) is 0. The highest BCUT2D eigenvalue weighted by Crippen LogP contribution is 2.42. The van der Waals surface area contributed by atoms with Crippen molar-refractivity contribution in [3.05, 3.63) is 237 Å². The zero-order chi connectivity index (χ0) is 44.5. The van der Waals surface area contributed by atoms with Crippen LogP contribution in [-0.2, 0) is 0 Å². The van der Waals surface area contributed by atoms with Crippen LogP contribution in [-0.4, -0.2) is 24.9 Å². The number of fused-ring (bicyclic) bond motifs is 3. The van der Waals surface area contributed by atoms with Crippen LogP contribution in [0.4, 0.5) is 0 Å². The van der Waals surface area contributed by atoms with Gasteiger partial charge in [0.05, 0.1) is 15.9 Å². The Labute approximate surface area is 392 Å². The maximum absolute atomic E-state index is 5.55. The predicted octanol–water partition coefficient (Wildman–Crippen LogP) is 16.0. The van der Waals surface area contributed by atoms with E-state index < -0.39 is 0 Å². The van der Waals surface area contributed by atoms with Gasteiger partial charge in [-0.05, 0) is 93.0 Å². The summed E-state index contributed by atoms with van der Waals surface area (Å²) in [6.07, 6.45) is 0. The number of hydrogen-bond donors (Lipinski definition) is 0. The molecule has 3 heterocycles. The first-order valence-corrected chi connectivity index (χ1v) is 23.1. The van der Waals surface area contributed by atoms with Crippen molar-refractivity contribution < 1.29 is 0 Å². The van der Waals surface area contributed by atoms with Gasteiger partial charge in [-0.3, -0.25) is 0 Å². The maximum atomic E-state index is 5.55. The highest BCUT2D eigenvalue weighted by molar-refractivity contribution is 7.26. The Morgan fingerprint density at radius 2 is 0.582 bits per heavy atom. The summed E-state index contributed by atoms with van der Waals surface area (Å²) in [5.41, 5.74) is 15.1. The van der Waals surface area contributed by atoms with Gasteiger partial charge < -0.3 is 0 Å². The van der Waals surface area contributed by atoms with Gasteiger partial charge in [-0.2, -0.15) is 0 Å². The average Bonchev–Trinajstić information content (AvgIpc) is 3.80. The monoisotopic (exact) mass is 873 g/mol. The van der Waals surface area contributed by atoms with Crippen LogP contribution < -0.4 is 0 Å². The van der Waals surface area contributed by atoms with Gasteiger partial charge >= 0.3 is 0 Å². The molecule has 0 saturated carbocycles. The van der Waals surface area contributed by atoms with Crippen molar-refractivity contribution in [2.75, 3.05) is 0 Å². The molecule has 12 rings (SSSR count). The van der Waals surface area contributed by atoms with E-state index in [-0.39, 0.29) is 0 Å². The Balaban J connectivity index is 1.13. The van der Waals surface area contributed by atoms with E-state index in [0.717, 1.165) is 98.3 Å². The van der Waals surface area contributed by atoms with E-state index >= 15 is 0 Å². The molecule has 0 bridgehead atoms. The summed E-state index contributed by atoms with van der Waals surface area (Å²) in [4.78, 5) is 26.5. The first-order chi connectivity index (χ1) is 33.2. The van der Waals surface area contributed by atoms with Crippen LogP contribution in [0.3, 0.4) is 0 Å². The molecule has 0 unspecified atom stereocenters. The molecule has 67 heavy (non-hydrogen) atoms. The number of aromatic nitrogens is 5. The average molecular weight is 874 g/mol. The van der Waals surface area contributed by atoms with Gasteiger partial charge in [0.15, 0.2) is 23.3 Å². The lowest BCUT2D eigenvalue weighted by atomic mass is 9.91. The van der Waals surface area contributed by atoms with Gasteiger partial charge in [-0.25, -0.2) is 24.9 Å². The van der Waals surface area contributed by atoms with E-state index in [9.17, 15) is 0 Å². The molecule has 12 aromatic rings. The molecule has 0 aliphatic rings. The smallest absolute Gasteiger partial charge is 0.164 e. The molecule has 6 heteroatoms. The molecular formula is C61H39N5S. The molecule has 0 radical (unpaired) electrons. The molecule has 5 nitrogen and oxygen atoms in total. The number of nitrogens with zero attached hydrogens (tertiary/aromatic N) is 5. The van der Waals surface area contributed by atoms with Crippen molar-refractivity contribution in [1.29, 1.82) is 0 Å². The first kappa shape index (κ1) is 39.8. The van der Waals surface area contributed by atoms with Crippen LogP contribution in [0.25, 0.3) is 122 Å². The molecule has 0 fully saturated rings. The minimum Gasteiger partial charge on any atom is -0.226 e. The second-order valence-electron chi connectivity index (χ2n) is 16.5. The molecule has 0 atom stereocenters. The van der Waals surface area contributed by atoms with Crippen molar-refractivity contribution >= 4 is 31.6 Å². The zero-order valence-electron chi connectivity index (χ0n) is 36.2. The van der Waals surface area contributed by atoms with E-state index in [0.29, 0.717) is 23.3 Å². The molecule has 314 valence electrons. The molecule has 0 aliphatic carbocycles. The Morgan fingerprint density at radius 1 is 0.239 bits per heavy atom. The summed E-state index contributed by atoms with van der Waals surface area (Å²) < 4.78 is 2.21. The number of rotatable bonds is 9. The van der Waals surface area contributed by atoms with Crippen molar-refractivity contribution in [3.63, 3.8) is 0 Å². The molecule has 0 N–H and O–H groups in total. The summed E-state index contributed by atoms with van der Waals surface area (Å²) in [7, 11) is 0. The fourth-order valence-electron chi connectivity index (χ4n) is 8.77. The van der Waals surface area contributed by atoms with Crippen LogP contribution in [0.5, 0.6) is 0 Å². The maximum Gasteiger partial charge on any atom is 0.164 e. The minimum absolute atomic E-state index is 0.552. The SMILES string of the molecule is c1ccc(-c2cc(-c3ccccc3)cc(-c3cc(-c4nc(-c5ccccc5)nc(-c5ccccc5)n4)cc(-c4nc(-c5cccc(-c6ccccc6)c5)c5sc6ccccc6c5n4)c3)c2)cc1. The van der Waals surface area contributed by atoms with Crippen molar-refractivity contribution in [2.24, 2.45) is 0 Å². The summed E-state index contributed by atoms with van der Waals surface area (Å²) in [5, 5.41) is 1.10. The highest BCUT2D eigenvalue weighted by atomic mass is 32.1. The lowest BCUT2D eigenvalue weighted by Crippen LogP contribution is -2.01. The molecule has 0 saturated heterocycles. The van der Waals surface area contributed by atoms with Gasteiger partial charge in [-0.15, -0.1) is 11.3 Å². The summed E-state index contributed by atoms with van der Waals surface area (Å²) in [5.74, 6) is 2.35. The van der Waals surface area contributed by atoms with Gasteiger partial charge in [0.2, 0.25) is 0 Å².